The molecule has 0 fully saturated rings. The number of benzene rings is 1. The molecule has 1 aromatic carbocycles. The summed E-state index contributed by atoms with van der Waals surface area (Å²) < 4.78 is 2.73. The summed E-state index contributed by atoms with van der Waals surface area (Å²) in [6, 6.07) is 5.82. The van der Waals surface area contributed by atoms with Gasteiger partial charge >= 0.3 is 0 Å². The molecule has 0 atom stereocenters. The first-order valence-corrected chi connectivity index (χ1v) is 5.31. The van der Waals surface area contributed by atoms with Gasteiger partial charge in [-0.2, -0.15) is 0 Å². The average molecular weight is 272 g/mol. The lowest BCUT2D eigenvalue weighted by atomic mass is 10.2. The summed E-state index contributed by atoms with van der Waals surface area (Å²) in [4.78, 5) is 4.10. The molecule has 0 saturated carbocycles. The van der Waals surface area contributed by atoms with Gasteiger partial charge in [-0.15, -0.1) is 0 Å². The van der Waals surface area contributed by atoms with Crippen LogP contribution in [0.4, 0.5) is 0 Å². The van der Waals surface area contributed by atoms with E-state index in [9.17, 15) is 0 Å². The Kier molecular flexibility index (Phi) is 2.61. The second-order valence-corrected chi connectivity index (χ2v) is 4.07. The van der Waals surface area contributed by atoms with Crippen LogP contribution in [-0.4, -0.2) is 9.55 Å². The lowest BCUT2D eigenvalue weighted by molar-refractivity contribution is 1.00. The van der Waals surface area contributed by atoms with Crippen molar-refractivity contribution >= 4 is 27.5 Å². The van der Waals surface area contributed by atoms with Gasteiger partial charge in [0.2, 0.25) is 0 Å². The molecule has 0 unspecified atom stereocenters. The van der Waals surface area contributed by atoms with Gasteiger partial charge in [-0.25, -0.2) is 4.98 Å². The monoisotopic (exact) mass is 270 g/mol. The van der Waals surface area contributed by atoms with E-state index in [2.05, 4.69) is 20.9 Å². The third-order valence-corrected chi connectivity index (χ3v) is 3.09. The Balaban J connectivity index is 2.63. The maximum Gasteiger partial charge on any atom is 0.181 e. The highest BCUT2D eigenvalue weighted by Crippen LogP contribution is 2.24. The zero-order valence-corrected chi connectivity index (χ0v) is 9.88. The fourth-order valence-electron chi connectivity index (χ4n) is 1.32. The smallest absolute Gasteiger partial charge is 0.181 e. The number of hydrogen-bond donors (Lipinski definition) is 0. The van der Waals surface area contributed by atoms with Gasteiger partial charge in [0, 0.05) is 17.4 Å². The molecule has 0 N–H and O–H groups in total. The normalized spacial score (nSPS) is 10.5. The van der Waals surface area contributed by atoms with Crippen molar-refractivity contribution in [3.63, 3.8) is 0 Å². The van der Waals surface area contributed by atoms with Crippen LogP contribution in [0.25, 0.3) is 5.69 Å². The van der Waals surface area contributed by atoms with Gasteiger partial charge in [0.05, 0.1) is 5.69 Å². The Morgan fingerprint density at radius 3 is 2.86 bits per heavy atom. The first kappa shape index (κ1) is 9.74. The number of rotatable bonds is 1. The Bertz CT molecular complexity index is 465. The predicted octanol–water partition coefficient (Wildman–Crippen LogP) is 3.60. The van der Waals surface area contributed by atoms with E-state index in [1.165, 1.54) is 0 Å². The second-order valence-electron chi connectivity index (χ2n) is 2.95. The molecule has 0 amide bonds. The molecule has 0 saturated heterocycles. The van der Waals surface area contributed by atoms with Crippen molar-refractivity contribution in [2.75, 3.05) is 0 Å². The maximum atomic E-state index is 6.03. The van der Waals surface area contributed by atoms with Gasteiger partial charge in [0.15, 0.2) is 4.73 Å². The molecule has 1 heterocycles. The largest absolute Gasteiger partial charge is 0.294 e. The summed E-state index contributed by atoms with van der Waals surface area (Å²) in [5, 5.41) is 0.767. The number of hydrogen-bond acceptors (Lipinski definition) is 1. The minimum absolute atomic E-state index is 0.767. The third-order valence-electron chi connectivity index (χ3n) is 2.09. The number of halogens is 2. The molecule has 0 bridgehead atoms. The minimum Gasteiger partial charge on any atom is -0.294 e. The highest BCUT2D eigenvalue weighted by Gasteiger charge is 2.06. The van der Waals surface area contributed by atoms with Gasteiger partial charge in [0.1, 0.15) is 0 Å². The van der Waals surface area contributed by atoms with Gasteiger partial charge in [-0.1, -0.05) is 17.7 Å². The molecule has 2 aromatic rings. The number of aromatic nitrogens is 2. The van der Waals surface area contributed by atoms with E-state index in [4.69, 9.17) is 11.6 Å². The molecule has 2 nitrogen and oxygen atoms in total. The quantitative estimate of drug-likeness (QED) is 0.775. The Hall–Kier alpha value is -0.800. The standard InChI is InChI=1S/C10H8BrClN2/c1-7-8(12)3-2-4-9(7)14-6-5-13-10(14)11/h2-6H,1H3. The van der Waals surface area contributed by atoms with E-state index in [1.54, 1.807) is 6.20 Å². The highest BCUT2D eigenvalue weighted by molar-refractivity contribution is 9.10. The van der Waals surface area contributed by atoms with Crippen LogP contribution in [0.2, 0.25) is 5.02 Å². The fourth-order valence-corrected chi connectivity index (χ4v) is 1.92. The topological polar surface area (TPSA) is 17.8 Å². The van der Waals surface area contributed by atoms with Crippen molar-refractivity contribution in [3.05, 3.63) is 45.9 Å². The summed E-state index contributed by atoms with van der Waals surface area (Å²) >= 11 is 9.40. The van der Waals surface area contributed by atoms with Crippen LogP contribution in [0.5, 0.6) is 0 Å². The van der Waals surface area contributed by atoms with E-state index >= 15 is 0 Å². The van der Waals surface area contributed by atoms with Crippen molar-refractivity contribution in [1.29, 1.82) is 0 Å². The van der Waals surface area contributed by atoms with Gasteiger partial charge in [-0.3, -0.25) is 4.57 Å². The molecule has 0 radical (unpaired) electrons. The van der Waals surface area contributed by atoms with Gasteiger partial charge in [-0.05, 0) is 40.5 Å². The third kappa shape index (κ3) is 1.57. The van der Waals surface area contributed by atoms with Gasteiger partial charge in [0.25, 0.3) is 0 Å². The molecule has 14 heavy (non-hydrogen) atoms. The van der Waals surface area contributed by atoms with Crippen molar-refractivity contribution in [2.24, 2.45) is 0 Å². The Labute approximate surface area is 95.7 Å². The second kappa shape index (κ2) is 3.75. The molecule has 4 heteroatoms. The van der Waals surface area contributed by atoms with E-state index < -0.39 is 0 Å². The fraction of sp³-hybridized carbons (Fsp3) is 0.100. The van der Waals surface area contributed by atoms with E-state index in [1.807, 2.05) is 35.9 Å². The van der Waals surface area contributed by atoms with Gasteiger partial charge < -0.3 is 0 Å². The van der Waals surface area contributed by atoms with Crippen molar-refractivity contribution in [1.82, 2.24) is 9.55 Å². The van der Waals surface area contributed by atoms with Crippen LogP contribution in [0.15, 0.2) is 35.3 Å². The lowest BCUT2D eigenvalue weighted by Gasteiger charge is -2.08. The molecule has 2 rings (SSSR count). The zero-order chi connectivity index (χ0) is 10.1. The summed E-state index contributed by atoms with van der Waals surface area (Å²) in [6.07, 6.45) is 3.63. The molecule has 1 aromatic heterocycles. The van der Waals surface area contributed by atoms with Crippen LogP contribution in [0.1, 0.15) is 5.56 Å². The maximum absolute atomic E-state index is 6.03. The molecular weight excluding hydrogens is 263 g/mol. The number of imidazole rings is 1. The van der Waals surface area contributed by atoms with Crippen LogP contribution in [-0.2, 0) is 0 Å². The highest BCUT2D eigenvalue weighted by atomic mass is 79.9. The van der Waals surface area contributed by atoms with Crippen LogP contribution in [0, 0.1) is 6.92 Å². The number of nitrogens with zero attached hydrogens (tertiary/aromatic N) is 2. The average Bonchev–Trinajstić information content (AvgIpc) is 2.57. The summed E-state index contributed by atoms with van der Waals surface area (Å²) in [6.45, 7) is 1.99. The van der Waals surface area contributed by atoms with E-state index in [-0.39, 0.29) is 0 Å². The minimum atomic E-state index is 0.767. The van der Waals surface area contributed by atoms with Crippen molar-refractivity contribution in [2.45, 2.75) is 6.92 Å². The molecule has 0 spiro atoms. The summed E-state index contributed by atoms with van der Waals surface area (Å²) in [5.41, 5.74) is 2.09. The Morgan fingerprint density at radius 1 is 1.43 bits per heavy atom. The van der Waals surface area contributed by atoms with Crippen LogP contribution < -0.4 is 0 Å². The molecular formula is C10H8BrClN2. The Morgan fingerprint density at radius 2 is 2.21 bits per heavy atom. The lowest BCUT2D eigenvalue weighted by Crippen LogP contribution is -1.95. The van der Waals surface area contributed by atoms with E-state index in [0.29, 0.717) is 0 Å². The zero-order valence-electron chi connectivity index (χ0n) is 7.54. The SMILES string of the molecule is Cc1c(Cl)cccc1-n1ccnc1Br. The first-order valence-electron chi connectivity index (χ1n) is 4.14. The van der Waals surface area contributed by atoms with Crippen LogP contribution >= 0.6 is 27.5 Å². The molecule has 0 aliphatic heterocycles. The molecule has 0 aliphatic carbocycles. The van der Waals surface area contributed by atoms with Crippen LogP contribution in [0.3, 0.4) is 0 Å². The van der Waals surface area contributed by atoms with Crippen molar-refractivity contribution < 1.29 is 0 Å². The van der Waals surface area contributed by atoms with Crippen molar-refractivity contribution in [3.8, 4) is 5.69 Å². The predicted molar refractivity (Wildman–Crippen MR) is 61.0 cm³/mol. The summed E-state index contributed by atoms with van der Waals surface area (Å²) in [7, 11) is 0. The summed E-state index contributed by atoms with van der Waals surface area (Å²) in [5.74, 6) is 0. The van der Waals surface area contributed by atoms with E-state index in [0.717, 1.165) is 21.0 Å². The molecule has 0 aliphatic rings. The first-order chi connectivity index (χ1) is 6.70. The molecule has 72 valence electrons.